The van der Waals surface area contributed by atoms with Crippen LogP contribution >= 0.6 is 0 Å². The molecule has 1 aromatic heterocycles. The first kappa shape index (κ1) is 12.8. The van der Waals surface area contributed by atoms with E-state index in [-0.39, 0.29) is 6.10 Å². The van der Waals surface area contributed by atoms with Crippen molar-refractivity contribution in [3.8, 4) is 0 Å². The lowest BCUT2D eigenvalue weighted by atomic mass is 10.2. The molecule has 2 fully saturated rings. The second kappa shape index (κ2) is 5.86. The second-order valence-electron chi connectivity index (χ2n) is 5.17. The zero-order valence-electron chi connectivity index (χ0n) is 11.1. The molecule has 1 radical (unpaired) electrons. The van der Waals surface area contributed by atoms with Gasteiger partial charge in [-0.05, 0) is 18.6 Å². The Balaban J connectivity index is 1.73. The third kappa shape index (κ3) is 3.05. The van der Waals surface area contributed by atoms with Crippen LogP contribution in [0.1, 0.15) is 12.0 Å². The molecule has 0 bridgehead atoms. The van der Waals surface area contributed by atoms with Crippen LogP contribution in [-0.4, -0.2) is 60.5 Å². The highest BCUT2D eigenvalue weighted by atomic mass is 16.5. The molecule has 1 aromatic rings. The van der Waals surface area contributed by atoms with Crippen LogP contribution in [-0.2, 0) is 11.3 Å². The summed E-state index contributed by atoms with van der Waals surface area (Å²) in [7, 11) is 0. The average molecular weight is 262 g/mol. The molecule has 0 aromatic carbocycles. The van der Waals surface area contributed by atoms with Crippen LogP contribution in [0.3, 0.4) is 0 Å². The zero-order chi connectivity index (χ0) is 13.1. The number of aliphatic hydroxyl groups is 1. The molecule has 1 unspecified atom stereocenters. The minimum Gasteiger partial charge on any atom is -0.392 e. The lowest BCUT2D eigenvalue weighted by Crippen LogP contribution is -2.37. The number of hydrogen-bond acceptors (Lipinski definition) is 5. The lowest BCUT2D eigenvalue weighted by molar-refractivity contribution is 0.122. The molecule has 19 heavy (non-hydrogen) atoms. The van der Waals surface area contributed by atoms with Gasteiger partial charge in [0.05, 0.1) is 19.3 Å². The Kier molecular flexibility index (Phi) is 3.96. The van der Waals surface area contributed by atoms with E-state index in [4.69, 9.17) is 4.74 Å². The van der Waals surface area contributed by atoms with Gasteiger partial charge in [0, 0.05) is 44.5 Å². The molecule has 0 saturated carbocycles. The van der Waals surface area contributed by atoms with Gasteiger partial charge in [-0.25, -0.2) is 4.98 Å². The molecule has 5 nitrogen and oxygen atoms in total. The highest BCUT2D eigenvalue weighted by molar-refractivity contribution is 5.46. The minimum absolute atomic E-state index is 0.177. The van der Waals surface area contributed by atoms with Gasteiger partial charge in [0.1, 0.15) is 5.82 Å². The van der Waals surface area contributed by atoms with Gasteiger partial charge >= 0.3 is 0 Å². The van der Waals surface area contributed by atoms with E-state index in [0.29, 0.717) is 0 Å². The van der Waals surface area contributed by atoms with Gasteiger partial charge < -0.3 is 14.7 Å². The van der Waals surface area contributed by atoms with Crippen molar-refractivity contribution in [1.29, 1.82) is 0 Å². The Bertz CT molecular complexity index is 421. The highest BCUT2D eigenvalue weighted by Gasteiger charge is 2.22. The van der Waals surface area contributed by atoms with Crippen molar-refractivity contribution < 1.29 is 9.84 Å². The van der Waals surface area contributed by atoms with E-state index < -0.39 is 0 Å². The molecule has 1 N–H and O–H groups in total. The quantitative estimate of drug-likeness (QED) is 0.848. The van der Waals surface area contributed by atoms with E-state index in [1.807, 2.05) is 6.07 Å². The first-order valence-corrected chi connectivity index (χ1v) is 6.91. The Morgan fingerprint density at radius 1 is 1.37 bits per heavy atom. The molecule has 0 aliphatic carbocycles. The number of β-amino-alcohol motifs (C(OH)–C–C–N with tert-alkyl or cyclic N) is 1. The predicted octanol–water partition coefficient (Wildman–Crippen LogP) is 0.285. The molecular weight excluding hydrogens is 242 g/mol. The summed E-state index contributed by atoms with van der Waals surface area (Å²) in [5, 5.41) is 9.60. The Morgan fingerprint density at radius 2 is 2.21 bits per heavy atom. The van der Waals surface area contributed by atoms with Gasteiger partial charge in [-0.15, -0.1) is 0 Å². The predicted molar refractivity (Wildman–Crippen MR) is 72.0 cm³/mol. The summed E-state index contributed by atoms with van der Waals surface area (Å²) in [6, 6.07) is 5.17. The SMILES string of the molecule is OC1CCN(Cc2[c]ccnc2N2CCOCC2)C1. The van der Waals surface area contributed by atoms with Gasteiger partial charge in [-0.3, -0.25) is 4.90 Å². The van der Waals surface area contributed by atoms with E-state index in [0.717, 1.165) is 63.7 Å². The van der Waals surface area contributed by atoms with Gasteiger partial charge in [0.2, 0.25) is 0 Å². The maximum absolute atomic E-state index is 9.60. The van der Waals surface area contributed by atoms with E-state index in [1.54, 1.807) is 6.20 Å². The number of hydrogen-bond donors (Lipinski definition) is 1. The normalized spacial score (nSPS) is 24.9. The minimum atomic E-state index is -0.177. The molecule has 0 amide bonds. The number of aliphatic hydroxyl groups excluding tert-OH is 1. The van der Waals surface area contributed by atoms with Crippen LogP contribution in [0, 0.1) is 6.07 Å². The fourth-order valence-electron chi connectivity index (χ4n) is 2.73. The smallest absolute Gasteiger partial charge is 0.133 e. The number of nitrogens with zero attached hydrogens (tertiary/aromatic N) is 3. The molecule has 3 rings (SSSR count). The third-order valence-electron chi connectivity index (χ3n) is 3.74. The molecule has 103 valence electrons. The summed E-state index contributed by atoms with van der Waals surface area (Å²) in [6.45, 7) is 5.83. The third-order valence-corrected chi connectivity index (χ3v) is 3.74. The van der Waals surface area contributed by atoms with Crippen molar-refractivity contribution >= 4 is 5.82 Å². The van der Waals surface area contributed by atoms with Gasteiger partial charge in [0.15, 0.2) is 0 Å². The standard InChI is InChI=1S/C14H20N3O2/c18-13-3-5-16(11-13)10-12-2-1-4-15-14(12)17-6-8-19-9-7-17/h1,4,13,18H,3,5-11H2. The summed E-state index contributed by atoms with van der Waals surface area (Å²) in [5.41, 5.74) is 1.12. The Morgan fingerprint density at radius 3 is 2.95 bits per heavy atom. The summed E-state index contributed by atoms with van der Waals surface area (Å²) in [4.78, 5) is 9.05. The van der Waals surface area contributed by atoms with Crippen molar-refractivity contribution in [2.75, 3.05) is 44.3 Å². The number of morpholine rings is 1. The molecule has 1 atom stereocenters. The van der Waals surface area contributed by atoms with Crippen LogP contribution < -0.4 is 4.90 Å². The molecule has 2 aliphatic rings. The highest BCUT2D eigenvalue weighted by Crippen LogP contribution is 2.21. The number of rotatable bonds is 3. The fraction of sp³-hybridized carbons (Fsp3) is 0.643. The molecule has 3 heterocycles. The van der Waals surface area contributed by atoms with Crippen molar-refractivity contribution in [2.45, 2.75) is 19.1 Å². The summed E-state index contributed by atoms with van der Waals surface area (Å²) >= 11 is 0. The van der Waals surface area contributed by atoms with Crippen LogP contribution in [0.15, 0.2) is 12.3 Å². The average Bonchev–Trinajstić information content (AvgIpc) is 2.86. The number of ether oxygens (including phenoxy) is 1. The summed E-state index contributed by atoms with van der Waals surface area (Å²) < 4.78 is 5.39. The first-order chi connectivity index (χ1) is 9.33. The van der Waals surface area contributed by atoms with Gasteiger partial charge in [-0.2, -0.15) is 0 Å². The second-order valence-corrected chi connectivity index (χ2v) is 5.17. The Hall–Kier alpha value is -1.17. The monoisotopic (exact) mass is 262 g/mol. The molecule has 2 saturated heterocycles. The summed E-state index contributed by atoms with van der Waals surface area (Å²) in [6.07, 6.45) is 2.49. The molecular formula is C14H20N3O2. The molecule has 5 heteroatoms. The van der Waals surface area contributed by atoms with Crippen molar-refractivity contribution in [3.63, 3.8) is 0 Å². The first-order valence-electron chi connectivity index (χ1n) is 6.91. The van der Waals surface area contributed by atoms with Crippen LogP contribution in [0.5, 0.6) is 0 Å². The lowest BCUT2D eigenvalue weighted by Gasteiger charge is -2.30. The molecule has 0 spiro atoms. The topological polar surface area (TPSA) is 48.8 Å². The van der Waals surface area contributed by atoms with Crippen LogP contribution in [0.25, 0.3) is 0 Å². The van der Waals surface area contributed by atoms with E-state index in [1.165, 1.54) is 0 Å². The van der Waals surface area contributed by atoms with E-state index in [2.05, 4.69) is 20.9 Å². The van der Waals surface area contributed by atoms with Crippen molar-refractivity contribution in [3.05, 3.63) is 23.9 Å². The van der Waals surface area contributed by atoms with E-state index in [9.17, 15) is 5.11 Å². The van der Waals surface area contributed by atoms with Crippen LogP contribution in [0.4, 0.5) is 5.82 Å². The number of anilines is 1. The van der Waals surface area contributed by atoms with Crippen molar-refractivity contribution in [2.24, 2.45) is 0 Å². The number of aromatic nitrogens is 1. The van der Waals surface area contributed by atoms with Gasteiger partial charge in [-0.1, -0.05) is 0 Å². The fourth-order valence-corrected chi connectivity index (χ4v) is 2.73. The number of likely N-dealkylation sites (tertiary alicyclic amines) is 1. The van der Waals surface area contributed by atoms with Crippen molar-refractivity contribution in [1.82, 2.24) is 9.88 Å². The van der Waals surface area contributed by atoms with Gasteiger partial charge in [0.25, 0.3) is 0 Å². The van der Waals surface area contributed by atoms with Crippen LogP contribution in [0.2, 0.25) is 0 Å². The largest absolute Gasteiger partial charge is 0.392 e. The maximum Gasteiger partial charge on any atom is 0.133 e. The zero-order valence-corrected chi connectivity index (χ0v) is 11.1. The Labute approximate surface area is 113 Å². The summed E-state index contributed by atoms with van der Waals surface area (Å²) in [5.74, 6) is 1.02. The molecule has 2 aliphatic heterocycles. The number of pyridine rings is 1. The maximum atomic E-state index is 9.60. The van der Waals surface area contributed by atoms with E-state index >= 15 is 0 Å².